The van der Waals surface area contributed by atoms with E-state index < -0.39 is 6.04 Å². The summed E-state index contributed by atoms with van der Waals surface area (Å²) < 4.78 is 7.03. The van der Waals surface area contributed by atoms with Crippen molar-refractivity contribution in [2.75, 3.05) is 32.8 Å². The normalized spacial score (nSPS) is 14.5. The Morgan fingerprint density at radius 1 is 1.20 bits per heavy atom. The van der Waals surface area contributed by atoms with Crippen LogP contribution in [0.2, 0.25) is 5.02 Å². The first-order valence-corrected chi connectivity index (χ1v) is 13.8. The van der Waals surface area contributed by atoms with Gasteiger partial charge in [-0.3, -0.25) is 29.4 Å². The van der Waals surface area contributed by atoms with Gasteiger partial charge in [0.1, 0.15) is 5.82 Å². The zero-order valence-electron chi connectivity index (χ0n) is 22.8. The minimum absolute atomic E-state index is 0.146. The second kappa shape index (κ2) is 13.1. The zero-order chi connectivity index (χ0) is 28.8. The van der Waals surface area contributed by atoms with Crippen LogP contribution < -0.4 is 16.2 Å². The minimum atomic E-state index is -0.409. The lowest BCUT2D eigenvalue weighted by Crippen LogP contribution is -2.37. The molecule has 1 atom stereocenters. The maximum absolute atomic E-state index is 13.4. The van der Waals surface area contributed by atoms with Gasteiger partial charge in [0.05, 0.1) is 43.2 Å². The van der Waals surface area contributed by atoms with Gasteiger partial charge in [-0.1, -0.05) is 35.7 Å². The van der Waals surface area contributed by atoms with Crippen LogP contribution in [0, 0.1) is 12.3 Å². The Morgan fingerprint density at radius 3 is 2.68 bits per heavy atom. The number of fused-ring (bicyclic) bond motifs is 1. The molecule has 1 unspecified atom stereocenters. The van der Waals surface area contributed by atoms with E-state index in [-0.39, 0.29) is 18.0 Å². The van der Waals surface area contributed by atoms with Gasteiger partial charge in [-0.2, -0.15) is 0 Å². The van der Waals surface area contributed by atoms with E-state index in [2.05, 4.69) is 26.4 Å². The van der Waals surface area contributed by atoms with E-state index in [9.17, 15) is 9.59 Å². The highest BCUT2D eigenvalue weighted by molar-refractivity contribution is 6.32. The number of ether oxygens (including phenoxy) is 1. The van der Waals surface area contributed by atoms with E-state index in [0.717, 1.165) is 24.2 Å². The monoisotopic (exact) mass is 570 g/mol. The van der Waals surface area contributed by atoms with Crippen molar-refractivity contribution in [3.63, 3.8) is 0 Å². The van der Waals surface area contributed by atoms with Crippen molar-refractivity contribution < 1.29 is 9.53 Å². The number of rotatable bonds is 9. The van der Waals surface area contributed by atoms with Crippen LogP contribution in [0.25, 0.3) is 10.9 Å². The molecule has 0 aliphatic carbocycles. The number of halogens is 1. The van der Waals surface area contributed by atoms with Crippen molar-refractivity contribution in [1.29, 1.82) is 0 Å². The molecule has 10 heteroatoms. The number of nitrogens with one attached hydrogen (secondary N) is 2. The maximum atomic E-state index is 13.4. The Kier molecular flexibility index (Phi) is 9.07. The van der Waals surface area contributed by atoms with Gasteiger partial charge < -0.3 is 10.1 Å². The number of nitrogens with zero attached hydrogens (tertiary/aromatic N) is 4. The number of hydrogen-bond donors (Lipinski definition) is 2. The highest BCUT2D eigenvalue weighted by Gasteiger charge is 2.21. The molecule has 1 aliphatic heterocycles. The molecule has 0 bridgehead atoms. The van der Waals surface area contributed by atoms with Gasteiger partial charge >= 0.3 is 0 Å². The van der Waals surface area contributed by atoms with Crippen LogP contribution in [-0.4, -0.2) is 58.2 Å². The van der Waals surface area contributed by atoms with Gasteiger partial charge in [0.15, 0.2) is 0 Å². The molecule has 0 saturated carbocycles. The van der Waals surface area contributed by atoms with Crippen LogP contribution >= 0.6 is 11.6 Å². The number of terminal acetylenes is 1. The van der Waals surface area contributed by atoms with Gasteiger partial charge in [-0.15, -0.1) is 6.42 Å². The van der Waals surface area contributed by atoms with E-state index in [4.69, 9.17) is 27.7 Å². The zero-order valence-corrected chi connectivity index (χ0v) is 23.5. The molecule has 210 valence electrons. The summed E-state index contributed by atoms with van der Waals surface area (Å²) in [5, 5.41) is 7.16. The number of aromatic nitrogens is 3. The first-order chi connectivity index (χ1) is 19.9. The predicted octanol–water partition coefficient (Wildman–Crippen LogP) is 3.06. The maximum Gasteiger partial charge on any atom is 0.261 e. The molecule has 2 N–H and O–H groups in total. The third-order valence-electron chi connectivity index (χ3n) is 7.16. The van der Waals surface area contributed by atoms with E-state index in [0.29, 0.717) is 59.2 Å². The molecule has 1 aliphatic rings. The van der Waals surface area contributed by atoms with Crippen LogP contribution in [0.1, 0.15) is 38.9 Å². The largest absolute Gasteiger partial charge is 0.379 e. The van der Waals surface area contributed by atoms with Crippen LogP contribution in [0.5, 0.6) is 0 Å². The van der Waals surface area contributed by atoms with Crippen LogP contribution in [0.15, 0.2) is 65.7 Å². The number of amides is 1. The predicted molar refractivity (Wildman–Crippen MR) is 159 cm³/mol. The van der Waals surface area contributed by atoms with Crippen LogP contribution in [0.4, 0.5) is 0 Å². The van der Waals surface area contributed by atoms with E-state index in [1.807, 2.05) is 24.3 Å². The van der Waals surface area contributed by atoms with Crippen LogP contribution in [0.3, 0.4) is 0 Å². The Morgan fingerprint density at radius 2 is 1.98 bits per heavy atom. The van der Waals surface area contributed by atoms with E-state index >= 15 is 0 Å². The van der Waals surface area contributed by atoms with Gasteiger partial charge in [-0.05, 0) is 47.0 Å². The van der Waals surface area contributed by atoms with Crippen molar-refractivity contribution >= 4 is 28.4 Å². The molecule has 0 spiro atoms. The lowest BCUT2D eigenvalue weighted by molar-refractivity contribution is 0.0325. The molecule has 41 heavy (non-hydrogen) atoms. The van der Waals surface area contributed by atoms with Crippen molar-refractivity contribution in [2.24, 2.45) is 7.05 Å². The second-order valence-corrected chi connectivity index (χ2v) is 10.3. The molecule has 3 heterocycles. The Bertz CT molecular complexity index is 1630. The summed E-state index contributed by atoms with van der Waals surface area (Å²) in [6.07, 6.45) is 8.97. The highest BCUT2D eigenvalue weighted by atomic mass is 35.5. The van der Waals surface area contributed by atoms with Gasteiger partial charge in [0.25, 0.3) is 11.5 Å². The summed E-state index contributed by atoms with van der Waals surface area (Å²) in [6, 6.07) is 14.1. The molecule has 2 aromatic carbocycles. The van der Waals surface area contributed by atoms with Crippen molar-refractivity contribution in [1.82, 2.24) is 30.1 Å². The fourth-order valence-electron chi connectivity index (χ4n) is 4.86. The summed E-state index contributed by atoms with van der Waals surface area (Å²) in [5.74, 6) is 3.09. The van der Waals surface area contributed by atoms with Gasteiger partial charge in [0, 0.05) is 49.7 Å². The summed E-state index contributed by atoms with van der Waals surface area (Å²) in [5.41, 5.74) is 3.37. The number of morpholine rings is 1. The molecule has 5 rings (SSSR count). The van der Waals surface area contributed by atoms with Crippen molar-refractivity contribution in [2.45, 2.75) is 19.1 Å². The quantitative estimate of drug-likeness (QED) is 0.298. The molecule has 2 aromatic heterocycles. The average Bonchev–Trinajstić information content (AvgIpc) is 3.00. The summed E-state index contributed by atoms with van der Waals surface area (Å²) in [6.45, 7) is 4.13. The summed E-state index contributed by atoms with van der Waals surface area (Å²) >= 11 is 6.81. The number of benzene rings is 2. The van der Waals surface area contributed by atoms with Crippen LogP contribution in [-0.2, 0) is 24.9 Å². The van der Waals surface area contributed by atoms with Crippen molar-refractivity contribution in [3.8, 4) is 12.3 Å². The van der Waals surface area contributed by atoms with Gasteiger partial charge in [-0.25, -0.2) is 4.98 Å². The lowest BCUT2D eigenvalue weighted by atomic mass is 9.96. The molecule has 1 fully saturated rings. The minimum Gasteiger partial charge on any atom is -0.379 e. The molecule has 4 aromatic rings. The highest BCUT2D eigenvalue weighted by Crippen LogP contribution is 2.31. The smallest absolute Gasteiger partial charge is 0.261 e. The topological polar surface area (TPSA) is 101 Å². The molecule has 1 amide bonds. The lowest BCUT2D eigenvalue weighted by Gasteiger charge is -2.27. The number of carbonyl (C=O) groups is 1. The number of pyridine rings is 1. The SMILES string of the molecule is C#CCNC(c1ccc(C(=O)NCc2cccnc2)cc1)c1cc2c(=O)n(C)c(CN3CCOCC3)nc2cc1Cl. The first kappa shape index (κ1) is 28.5. The summed E-state index contributed by atoms with van der Waals surface area (Å²) in [4.78, 5) is 37.2. The Hall–Kier alpha value is -4.07. The molecule has 1 saturated heterocycles. The standard InChI is InChI=1S/C31H31ClN6O3/c1-3-10-34-29(22-6-8-23(9-7-22)30(39)35-19-21-5-4-11-33-18-21)24-16-25-27(17-26(24)32)36-28(37(2)31(25)40)20-38-12-14-41-15-13-38/h1,4-9,11,16-18,29,34H,10,12-15,19-20H2,2H3,(H,35,39). The van der Waals surface area contributed by atoms with E-state index in [1.165, 1.54) is 0 Å². The Balaban J connectivity index is 1.42. The third kappa shape index (κ3) is 6.64. The average molecular weight is 571 g/mol. The molecule has 9 nitrogen and oxygen atoms in total. The number of hydrogen-bond acceptors (Lipinski definition) is 7. The third-order valence-corrected chi connectivity index (χ3v) is 7.48. The Labute approximate surface area is 243 Å². The fraction of sp³-hybridized carbons (Fsp3) is 0.290. The van der Waals surface area contributed by atoms with Crippen molar-refractivity contribution in [3.05, 3.63) is 104 Å². The first-order valence-electron chi connectivity index (χ1n) is 13.4. The molecular formula is C31H31ClN6O3. The summed E-state index contributed by atoms with van der Waals surface area (Å²) in [7, 11) is 1.74. The number of carbonyl (C=O) groups excluding carboxylic acids is 1. The molecule has 0 radical (unpaired) electrons. The fourth-order valence-corrected chi connectivity index (χ4v) is 5.13. The van der Waals surface area contributed by atoms with Gasteiger partial charge in [0.2, 0.25) is 0 Å². The molecular weight excluding hydrogens is 540 g/mol. The second-order valence-electron chi connectivity index (χ2n) is 9.86. The van der Waals surface area contributed by atoms with E-state index in [1.54, 1.807) is 48.3 Å².